The number of hydrogen-bond donors (Lipinski definition) is 0. The second kappa shape index (κ2) is 2.81. The van der Waals surface area contributed by atoms with Gasteiger partial charge in [-0.3, -0.25) is 0 Å². The van der Waals surface area contributed by atoms with Gasteiger partial charge in [-0.05, 0) is 6.92 Å². The van der Waals surface area contributed by atoms with E-state index < -0.39 is 0 Å². The van der Waals surface area contributed by atoms with E-state index in [4.69, 9.17) is 11.6 Å². The second-order valence-corrected chi connectivity index (χ2v) is 3.63. The number of aromatic nitrogens is 4. The highest BCUT2D eigenvalue weighted by molar-refractivity contribution is 14.1. The smallest absolute Gasteiger partial charge is 0.212 e. The Morgan fingerprint density at radius 1 is 1.50 bits per heavy atom. The fourth-order valence-corrected chi connectivity index (χ4v) is 1.65. The Bertz CT molecular complexity index is 438. The Labute approximate surface area is 87.1 Å². The van der Waals surface area contributed by atoms with Crippen molar-refractivity contribution >= 4 is 39.8 Å². The first-order valence-corrected chi connectivity index (χ1v) is 4.68. The van der Waals surface area contributed by atoms with Crippen molar-refractivity contribution < 1.29 is 0 Å². The second-order valence-electron chi connectivity index (χ2n) is 2.28. The third-order valence-electron chi connectivity index (χ3n) is 1.43. The summed E-state index contributed by atoms with van der Waals surface area (Å²) in [6.45, 7) is 1.84. The Balaban J connectivity index is 2.88. The predicted octanol–water partition coefficient (Wildman–Crippen LogP) is 1.69. The fraction of sp³-hybridized carbons (Fsp3) is 0.167. The molecule has 2 aromatic heterocycles. The third-order valence-corrected chi connectivity index (χ3v) is 2.08. The lowest BCUT2D eigenvalue weighted by Crippen LogP contribution is -1.96. The van der Waals surface area contributed by atoms with E-state index >= 15 is 0 Å². The monoisotopic (exact) mass is 294 g/mol. The van der Waals surface area contributed by atoms with Crippen LogP contribution in [0.25, 0.3) is 5.65 Å². The molecule has 0 aliphatic rings. The summed E-state index contributed by atoms with van der Waals surface area (Å²) in [4.78, 5) is 8.19. The van der Waals surface area contributed by atoms with Crippen molar-refractivity contribution in [1.29, 1.82) is 0 Å². The van der Waals surface area contributed by atoms with Gasteiger partial charge < -0.3 is 0 Å². The van der Waals surface area contributed by atoms with E-state index in [9.17, 15) is 0 Å². The van der Waals surface area contributed by atoms with Crippen LogP contribution in [0.1, 0.15) is 5.82 Å². The van der Waals surface area contributed by atoms with Gasteiger partial charge in [-0.15, -0.1) is 5.10 Å². The summed E-state index contributed by atoms with van der Waals surface area (Å²) >= 11 is 7.79. The van der Waals surface area contributed by atoms with Gasteiger partial charge in [0.05, 0.1) is 0 Å². The zero-order valence-corrected chi connectivity index (χ0v) is 9.04. The highest BCUT2D eigenvalue weighted by Gasteiger charge is 2.04. The molecule has 2 aromatic rings. The molecule has 0 atom stereocenters. The Morgan fingerprint density at radius 2 is 2.25 bits per heavy atom. The van der Waals surface area contributed by atoms with E-state index in [1.54, 1.807) is 10.6 Å². The minimum atomic E-state index is 0.448. The van der Waals surface area contributed by atoms with Gasteiger partial charge in [0.25, 0.3) is 0 Å². The highest BCUT2D eigenvalue weighted by atomic mass is 127. The van der Waals surface area contributed by atoms with Crippen LogP contribution in [-0.4, -0.2) is 19.6 Å². The van der Waals surface area contributed by atoms with Crippen molar-refractivity contribution in [1.82, 2.24) is 19.6 Å². The van der Waals surface area contributed by atoms with Crippen LogP contribution in [0.3, 0.4) is 0 Å². The van der Waals surface area contributed by atoms with Crippen molar-refractivity contribution in [3.63, 3.8) is 0 Å². The van der Waals surface area contributed by atoms with Gasteiger partial charge in [-0.25, -0.2) is 9.97 Å². The van der Waals surface area contributed by atoms with Gasteiger partial charge >= 0.3 is 0 Å². The molecule has 0 fully saturated rings. The van der Waals surface area contributed by atoms with E-state index in [1.807, 2.05) is 29.5 Å². The summed E-state index contributed by atoms with van der Waals surface area (Å²) in [5, 5.41) is 4.57. The molecule has 12 heavy (non-hydrogen) atoms. The van der Waals surface area contributed by atoms with Crippen molar-refractivity contribution in [2.75, 3.05) is 0 Å². The van der Waals surface area contributed by atoms with E-state index in [1.165, 1.54) is 0 Å². The van der Waals surface area contributed by atoms with Crippen LogP contribution in [0.5, 0.6) is 0 Å². The van der Waals surface area contributed by atoms with Crippen molar-refractivity contribution in [3.05, 3.63) is 20.9 Å². The fourth-order valence-electron chi connectivity index (χ4n) is 0.970. The maximum absolute atomic E-state index is 5.74. The van der Waals surface area contributed by atoms with Crippen LogP contribution in [0.15, 0.2) is 6.07 Å². The SMILES string of the molecule is Cc1nc(Cl)cc2nc(I)nn12. The largest absolute Gasteiger partial charge is 0.221 e. The molecule has 0 aliphatic heterocycles. The summed E-state index contributed by atoms with van der Waals surface area (Å²) < 4.78 is 2.35. The Morgan fingerprint density at radius 3 is 3.00 bits per heavy atom. The van der Waals surface area contributed by atoms with Crippen molar-refractivity contribution in [2.45, 2.75) is 6.92 Å². The average Bonchev–Trinajstić information content (AvgIpc) is 2.29. The van der Waals surface area contributed by atoms with Gasteiger partial charge in [0.15, 0.2) is 5.65 Å². The van der Waals surface area contributed by atoms with Crippen LogP contribution in [0.2, 0.25) is 5.15 Å². The van der Waals surface area contributed by atoms with Crippen LogP contribution in [-0.2, 0) is 0 Å². The molecule has 0 spiro atoms. The van der Waals surface area contributed by atoms with Gasteiger partial charge in [0.1, 0.15) is 11.0 Å². The molecule has 2 heterocycles. The topological polar surface area (TPSA) is 43.1 Å². The molecule has 62 valence electrons. The van der Waals surface area contributed by atoms with E-state index in [-0.39, 0.29) is 0 Å². The lowest BCUT2D eigenvalue weighted by atomic mass is 10.6. The number of hydrogen-bond acceptors (Lipinski definition) is 3. The van der Waals surface area contributed by atoms with Crippen LogP contribution >= 0.6 is 34.2 Å². The standard InChI is InChI=1S/C6H4ClIN4/c1-3-9-4(7)2-5-10-6(8)11-12(3)5/h2H,1H3. The first-order valence-electron chi connectivity index (χ1n) is 3.22. The van der Waals surface area contributed by atoms with Crippen molar-refractivity contribution in [3.8, 4) is 0 Å². The molecule has 0 saturated carbocycles. The van der Waals surface area contributed by atoms with E-state index in [0.29, 0.717) is 8.98 Å². The minimum Gasteiger partial charge on any atom is -0.221 e. The van der Waals surface area contributed by atoms with Gasteiger partial charge in [-0.1, -0.05) is 11.6 Å². The molecule has 0 N–H and O–H groups in total. The average molecular weight is 294 g/mol. The maximum atomic E-state index is 5.74. The molecule has 0 unspecified atom stereocenters. The molecule has 2 rings (SSSR count). The molecule has 0 aliphatic carbocycles. The zero-order chi connectivity index (χ0) is 8.72. The summed E-state index contributed by atoms with van der Waals surface area (Å²) in [7, 11) is 0. The number of nitrogens with zero attached hydrogens (tertiary/aromatic N) is 4. The summed E-state index contributed by atoms with van der Waals surface area (Å²) in [6.07, 6.45) is 0. The normalized spacial score (nSPS) is 10.9. The number of aryl methyl sites for hydroxylation is 1. The van der Waals surface area contributed by atoms with Crippen LogP contribution in [0.4, 0.5) is 0 Å². The molecule has 0 saturated heterocycles. The molecule has 0 radical (unpaired) electrons. The molecule has 0 aromatic carbocycles. The van der Waals surface area contributed by atoms with Crippen molar-refractivity contribution in [2.24, 2.45) is 0 Å². The number of halogens is 2. The first kappa shape index (κ1) is 8.18. The van der Waals surface area contributed by atoms with Gasteiger partial charge in [-0.2, -0.15) is 4.52 Å². The lowest BCUT2D eigenvalue weighted by Gasteiger charge is -1.95. The molecule has 4 nitrogen and oxygen atoms in total. The van der Waals surface area contributed by atoms with Gasteiger partial charge in [0, 0.05) is 28.7 Å². The zero-order valence-electron chi connectivity index (χ0n) is 6.12. The predicted molar refractivity (Wildman–Crippen MR) is 53.2 cm³/mol. The lowest BCUT2D eigenvalue weighted by molar-refractivity contribution is 0.854. The Hall–Kier alpha value is -0.430. The number of fused-ring (bicyclic) bond motifs is 1. The number of rotatable bonds is 0. The molecular formula is C6H4ClIN4. The van der Waals surface area contributed by atoms with Crippen LogP contribution in [0, 0.1) is 10.8 Å². The quantitative estimate of drug-likeness (QED) is 0.548. The van der Waals surface area contributed by atoms with E-state index in [0.717, 1.165) is 11.5 Å². The molecular weight excluding hydrogens is 290 g/mol. The third kappa shape index (κ3) is 1.27. The van der Waals surface area contributed by atoms with E-state index in [2.05, 4.69) is 15.1 Å². The maximum Gasteiger partial charge on any atom is 0.212 e. The summed E-state index contributed by atoms with van der Waals surface area (Å²) in [5.41, 5.74) is 0.733. The summed E-state index contributed by atoms with van der Waals surface area (Å²) in [6, 6.07) is 1.68. The highest BCUT2D eigenvalue weighted by Crippen LogP contribution is 2.10. The van der Waals surface area contributed by atoms with Gasteiger partial charge in [0.2, 0.25) is 3.83 Å². The Kier molecular flexibility index (Phi) is 1.91. The van der Waals surface area contributed by atoms with Crippen LogP contribution < -0.4 is 0 Å². The molecule has 0 amide bonds. The molecule has 0 bridgehead atoms. The summed E-state index contributed by atoms with van der Waals surface area (Å²) in [5.74, 6) is 0.743. The molecule has 6 heteroatoms. The minimum absolute atomic E-state index is 0.448. The first-order chi connectivity index (χ1) is 5.66.